The Hall–Kier alpha value is -2.52. The summed E-state index contributed by atoms with van der Waals surface area (Å²) in [7, 11) is 3.82. The highest BCUT2D eigenvalue weighted by molar-refractivity contribution is 7.71. The van der Waals surface area contributed by atoms with Gasteiger partial charge >= 0.3 is 11.9 Å². The van der Waals surface area contributed by atoms with E-state index in [1.165, 1.54) is 44.1 Å². The highest BCUT2D eigenvalue weighted by Gasteiger charge is 2.30. The number of nitrogens with zero attached hydrogens (tertiary/aromatic N) is 1. The lowest BCUT2D eigenvalue weighted by Crippen LogP contribution is -2.23. The maximum absolute atomic E-state index is 13.6. The number of nitrogens with one attached hydrogen (secondary N) is 1. The molecular formula is C16H17FN2O5S. The molecule has 0 aliphatic rings. The molecule has 1 aromatic carbocycles. The number of rotatable bonds is 6. The van der Waals surface area contributed by atoms with Crippen LogP contribution in [0.4, 0.5) is 4.39 Å². The van der Waals surface area contributed by atoms with Crippen molar-refractivity contribution < 1.29 is 28.2 Å². The Balaban J connectivity index is 2.73. The molecule has 7 nitrogen and oxygen atoms in total. The fourth-order valence-corrected chi connectivity index (χ4v) is 2.80. The van der Waals surface area contributed by atoms with E-state index >= 15 is 0 Å². The number of hydrogen-bond acceptors (Lipinski definition) is 6. The molecule has 0 spiro atoms. The summed E-state index contributed by atoms with van der Waals surface area (Å²) < 4.78 is 29.7. The van der Waals surface area contributed by atoms with Gasteiger partial charge in [0.25, 0.3) is 0 Å². The van der Waals surface area contributed by atoms with Gasteiger partial charge < -0.3 is 23.8 Å². The molecule has 1 aromatic heterocycles. The van der Waals surface area contributed by atoms with E-state index in [1.807, 2.05) is 0 Å². The molecule has 1 heterocycles. The van der Waals surface area contributed by atoms with E-state index in [0.717, 1.165) is 0 Å². The van der Waals surface area contributed by atoms with Gasteiger partial charge in [-0.1, -0.05) is 12.1 Å². The zero-order valence-corrected chi connectivity index (χ0v) is 14.7. The third-order valence-electron chi connectivity index (χ3n) is 3.57. The minimum absolute atomic E-state index is 0.0760. The first-order valence-electron chi connectivity index (χ1n) is 7.20. The van der Waals surface area contributed by atoms with Crippen molar-refractivity contribution in [3.8, 4) is 0 Å². The van der Waals surface area contributed by atoms with Crippen LogP contribution in [0.5, 0.6) is 0 Å². The summed E-state index contributed by atoms with van der Waals surface area (Å²) in [6.07, 6.45) is 0. The first kappa shape index (κ1) is 18.8. The topological polar surface area (TPSA) is 82.6 Å². The van der Waals surface area contributed by atoms with E-state index in [1.54, 1.807) is 6.07 Å². The van der Waals surface area contributed by atoms with Gasteiger partial charge in [0.2, 0.25) is 0 Å². The zero-order chi connectivity index (χ0) is 18.6. The number of esters is 2. The van der Waals surface area contributed by atoms with Crippen molar-refractivity contribution in [1.29, 1.82) is 0 Å². The Kier molecular flexibility index (Phi) is 6.05. The predicted octanol–water partition coefficient (Wildman–Crippen LogP) is 2.49. The molecule has 1 atom stereocenters. The van der Waals surface area contributed by atoms with E-state index in [4.69, 9.17) is 21.7 Å². The molecule has 2 aromatic rings. The summed E-state index contributed by atoms with van der Waals surface area (Å²) in [5.74, 6) is -2.01. The Morgan fingerprint density at radius 3 is 2.48 bits per heavy atom. The molecule has 0 saturated carbocycles. The van der Waals surface area contributed by atoms with Crippen LogP contribution >= 0.6 is 12.2 Å². The molecule has 25 heavy (non-hydrogen) atoms. The van der Waals surface area contributed by atoms with E-state index in [9.17, 15) is 14.0 Å². The molecule has 2 rings (SSSR count). The van der Waals surface area contributed by atoms with Gasteiger partial charge in [-0.3, -0.25) is 0 Å². The summed E-state index contributed by atoms with van der Waals surface area (Å²) in [5.41, 5.74) is 0.251. The highest BCUT2D eigenvalue weighted by atomic mass is 32.1. The molecule has 134 valence electrons. The second kappa shape index (κ2) is 8.04. The van der Waals surface area contributed by atoms with Gasteiger partial charge in [0.1, 0.15) is 5.82 Å². The van der Waals surface area contributed by atoms with Crippen molar-refractivity contribution in [1.82, 2.24) is 9.55 Å². The first-order chi connectivity index (χ1) is 11.9. The Bertz CT molecular complexity index is 845. The minimum Gasteiger partial charge on any atom is -0.464 e. The van der Waals surface area contributed by atoms with Gasteiger partial charge in [0, 0.05) is 7.11 Å². The number of carbonyl (C=O) groups is 2. The summed E-state index contributed by atoms with van der Waals surface area (Å²) in [5, 5.41) is 0. The van der Waals surface area contributed by atoms with Crippen molar-refractivity contribution in [2.75, 3.05) is 27.9 Å². The van der Waals surface area contributed by atoms with Crippen molar-refractivity contribution in [3.63, 3.8) is 0 Å². The van der Waals surface area contributed by atoms with Crippen LogP contribution in [0, 0.1) is 10.6 Å². The van der Waals surface area contributed by atoms with Crippen molar-refractivity contribution in [3.05, 3.63) is 51.8 Å². The number of benzene rings is 1. The lowest BCUT2D eigenvalue weighted by molar-refractivity contribution is 0.0540. The van der Waals surface area contributed by atoms with E-state index < -0.39 is 23.8 Å². The van der Waals surface area contributed by atoms with Crippen LogP contribution in [0.2, 0.25) is 0 Å². The second-order valence-electron chi connectivity index (χ2n) is 5.03. The molecular weight excluding hydrogens is 351 g/mol. The standard InChI is InChI=1S/C16H17FN2O5S/c1-22-8-11(9-5-4-6-10(17)7-9)19-13(15(21)24-3)12(14(20)23-2)18-16(19)25/h4-7,11H,8H2,1-3H3,(H,18,25). The van der Waals surface area contributed by atoms with E-state index in [2.05, 4.69) is 9.72 Å². The number of hydrogen-bond donors (Lipinski definition) is 1. The normalized spacial score (nSPS) is 11.8. The van der Waals surface area contributed by atoms with Crippen molar-refractivity contribution >= 4 is 24.2 Å². The zero-order valence-electron chi connectivity index (χ0n) is 13.9. The van der Waals surface area contributed by atoms with Crippen LogP contribution in [0.25, 0.3) is 0 Å². The number of aromatic amines is 1. The van der Waals surface area contributed by atoms with Crippen molar-refractivity contribution in [2.45, 2.75) is 6.04 Å². The van der Waals surface area contributed by atoms with Crippen LogP contribution in [0.15, 0.2) is 24.3 Å². The number of methoxy groups -OCH3 is 3. The molecule has 0 aliphatic heterocycles. The molecule has 1 unspecified atom stereocenters. The van der Waals surface area contributed by atoms with Crippen molar-refractivity contribution in [2.24, 2.45) is 0 Å². The highest BCUT2D eigenvalue weighted by Crippen LogP contribution is 2.25. The largest absolute Gasteiger partial charge is 0.464 e. The van der Waals surface area contributed by atoms with E-state index in [0.29, 0.717) is 5.56 Å². The summed E-state index contributed by atoms with van der Waals surface area (Å²) >= 11 is 5.26. The maximum Gasteiger partial charge on any atom is 0.357 e. The predicted molar refractivity (Wildman–Crippen MR) is 88.7 cm³/mol. The molecule has 0 aliphatic carbocycles. The molecule has 0 amide bonds. The minimum atomic E-state index is -0.787. The first-order valence-corrected chi connectivity index (χ1v) is 7.60. The van der Waals surface area contributed by atoms with Crippen LogP contribution in [0.1, 0.15) is 32.6 Å². The summed E-state index contributed by atoms with van der Waals surface area (Å²) in [6.45, 7) is 0.0836. The quantitative estimate of drug-likeness (QED) is 0.623. The van der Waals surface area contributed by atoms with Crippen LogP contribution in [0.3, 0.4) is 0 Å². The van der Waals surface area contributed by atoms with Gasteiger partial charge in [-0.15, -0.1) is 0 Å². The summed E-state index contributed by atoms with van der Waals surface area (Å²) in [6, 6.07) is 5.14. The van der Waals surface area contributed by atoms with Gasteiger partial charge in [-0.25, -0.2) is 14.0 Å². The monoisotopic (exact) mass is 368 g/mol. The van der Waals surface area contributed by atoms with E-state index in [-0.39, 0.29) is 22.8 Å². The number of halogens is 1. The van der Waals surface area contributed by atoms with Crippen LogP contribution in [-0.4, -0.2) is 49.4 Å². The molecule has 1 N–H and O–H groups in total. The van der Waals surface area contributed by atoms with Gasteiger partial charge in [-0.2, -0.15) is 0 Å². The molecule has 0 saturated heterocycles. The lowest BCUT2D eigenvalue weighted by atomic mass is 10.1. The number of ether oxygens (including phenoxy) is 3. The van der Waals surface area contributed by atoms with Gasteiger partial charge in [0.05, 0.1) is 26.9 Å². The number of carbonyl (C=O) groups excluding carboxylic acids is 2. The molecule has 9 heteroatoms. The maximum atomic E-state index is 13.6. The fraction of sp³-hybridized carbons (Fsp3) is 0.312. The average molecular weight is 368 g/mol. The molecule has 0 radical (unpaired) electrons. The molecule has 0 bridgehead atoms. The van der Waals surface area contributed by atoms with Gasteiger partial charge in [-0.05, 0) is 29.9 Å². The number of imidazole rings is 1. The lowest BCUT2D eigenvalue weighted by Gasteiger charge is -2.20. The number of aromatic nitrogens is 2. The Morgan fingerprint density at radius 1 is 1.24 bits per heavy atom. The smallest absolute Gasteiger partial charge is 0.357 e. The third kappa shape index (κ3) is 3.77. The van der Waals surface area contributed by atoms with Gasteiger partial charge in [0.15, 0.2) is 16.2 Å². The third-order valence-corrected chi connectivity index (χ3v) is 3.87. The summed E-state index contributed by atoms with van der Waals surface area (Å²) in [4.78, 5) is 26.9. The average Bonchev–Trinajstić information content (AvgIpc) is 2.95. The van der Waals surface area contributed by atoms with Crippen LogP contribution in [-0.2, 0) is 14.2 Å². The Labute approximate surface area is 148 Å². The second-order valence-corrected chi connectivity index (χ2v) is 5.42. The fourth-order valence-electron chi connectivity index (χ4n) is 2.48. The number of H-pyrrole nitrogens is 1. The SMILES string of the molecule is COCC(c1cccc(F)c1)n1c(C(=O)OC)c(C(=O)OC)[nH]c1=S. The molecule has 0 fully saturated rings. The van der Waals surface area contributed by atoms with Crippen LogP contribution < -0.4 is 0 Å². The Morgan fingerprint density at radius 2 is 1.92 bits per heavy atom.